The van der Waals surface area contributed by atoms with Crippen LogP contribution in [0.25, 0.3) is 327 Å². The Balaban J connectivity index is 0.0000000976. The highest BCUT2D eigenvalue weighted by Crippen LogP contribution is 2.56. The molecule has 0 amide bonds. The quantitative estimate of drug-likeness (QED) is 0.132. The van der Waals surface area contributed by atoms with E-state index in [9.17, 15) is 0 Å². The molecule has 654 valence electrons. The fourth-order valence-corrected chi connectivity index (χ4v) is 25.1. The van der Waals surface area contributed by atoms with Crippen LogP contribution in [0.3, 0.4) is 0 Å². The van der Waals surface area contributed by atoms with E-state index in [2.05, 4.69) is 231 Å². The predicted molar refractivity (Wildman–Crippen MR) is 577 cm³/mol. The number of thiophene rings is 2. The van der Waals surface area contributed by atoms with Crippen LogP contribution in [-0.4, -0.2) is 44.9 Å². The Morgan fingerprint density at radius 1 is 0.149 bits per heavy atom. The molecule has 18 heteroatoms. The zero-order valence-corrected chi connectivity index (χ0v) is 76.5. The Bertz CT molecular complexity index is 10900. The maximum Gasteiger partial charge on any atom is 0.167 e. The van der Waals surface area contributed by atoms with Crippen LogP contribution in [0.5, 0.6) is 0 Å². The van der Waals surface area contributed by atoms with E-state index in [1.165, 1.54) is 71.3 Å². The number of aromatic nitrogens is 9. The minimum Gasteiger partial charge on any atom is -0.456 e. The summed E-state index contributed by atoms with van der Waals surface area (Å²) >= 11 is 5.50. The molecule has 0 unspecified atom stereocenters. The minimum atomic E-state index is 0.527. The summed E-state index contributed by atoms with van der Waals surface area (Å²) in [6.07, 6.45) is 0. The van der Waals surface area contributed by atoms with Crippen molar-refractivity contribution in [3.05, 3.63) is 382 Å². The second-order valence-corrected chi connectivity index (χ2v) is 39.1. The van der Waals surface area contributed by atoms with Crippen molar-refractivity contribution in [3.63, 3.8) is 0 Å². The number of hydrogen-bond donors (Lipinski definition) is 0. The zero-order valence-electron chi connectivity index (χ0n) is 74.1. The third kappa shape index (κ3) is 12.0. The summed E-state index contributed by atoms with van der Waals surface area (Å²) in [6.45, 7) is 0. The summed E-state index contributed by atoms with van der Waals surface area (Å²) < 4.78 is 47.8. The molecule has 12 aromatic heterocycles. The van der Waals surface area contributed by atoms with E-state index >= 15 is 0 Å². The molecular formula is C123H63N9O6S3. The number of furan rings is 4. The summed E-state index contributed by atoms with van der Waals surface area (Å²) in [5, 5.41) is 26.8. The highest BCUT2D eigenvalue weighted by atomic mass is 32.1. The number of hydrogen-bond acceptors (Lipinski definition) is 18. The minimum absolute atomic E-state index is 0.527. The first-order valence-electron chi connectivity index (χ1n) is 46.6. The molecule has 0 aliphatic heterocycles. The third-order valence-corrected chi connectivity index (χ3v) is 31.2. The van der Waals surface area contributed by atoms with E-state index in [-0.39, 0.29) is 0 Å². The highest BCUT2D eigenvalue weighted by molar-refractivity contribution is 7.30. The average Bonchev–Trinajstić information content (AvgIpc) is 1.54. The van der Waals surface area contributed by atoms with Gasteiger partial charge in [0.1, 0.15) is 67.0 Å². The van der Waals surface area contributed by atoms with Crippen LogP contribution in [0, 0.1) is 0 Å². The molecule has 0 saturated carbocycles. The number of nitrogens with zero attached hydrogens (tertiary/aromatic N) is 9. The lowest BCUT2D eigenvalue weighted by molar-refractivity contribution is 0.658. The van der Waals surface area contributed by atoms with Gasteiger partial charge in [-0.3, -0.25) is 0 Å². The van der Waals surface area contributed by atoms with Gasteiger partial charge >= 0.3 is 0 Å². The Morgan fingerprint density at radius 3 is 1.00 bits per heavy atom. The number of fused-ring (bicyclic) bond motifs is 9. The lowest BCUT2D eigenvalue weighted by atomic mass is 10.0. The summed E-state index contributed by atoms with van der Waals surface area (Å²) in [5.74, 6) is 5.32. The Hall–Kier alpha value is -18.3. The fraction of sp³-hybridized carbons (Fsp3) is 0. The molecule has 12 heterocycles. The van der Waals surface area contributed by atoms with Crippen molar-refractivity contribution in [2.45, 2.75) is 0 Å². The molecule has 0 bridgehead atoms. The lowest BCUT2D eigenvalue weighted by Crippen LogP contribution is -2.00. The van der Waals surface area contributed by atoms with E-state index in [1.807, 2.05) is 174 Å². The van der Waals surface area contributed by atoms with Crippen molar-refractivity contribution in [3.8, 4) is 102 Å². The average molecular weight is 1860 g/mol. The lowest BCUT2D eigenvalue weighted by Gasteiger charge is -2.10. The first-order chi connectivity index (χ1) is 69.8. The van der Waals surface area contributed by atoms with E-state index < -0.39 is 0 Å². The third-order valence-electron chi connectivity index (χ3n) is 27.8. The number of rotatable bonds is 9. The van der Waals surface area contributed by atoms with Gasteiger partial charge < -0.3 is 26.5 Å². The van der Waals surface area contributed by atoms with Gasteiger partial charge in [-0.25, -0.2) is 44.9 Å². The molecule has 0 fully saturated rings. The Kier molecular flexibility index (Phi) is 16.6. The van der Waals surface area contributed by atoms with Crippen LogP contribution < -0.4 is 0 Å². The van der Waals surface area contributed by atoms with Gasteiger partial charge in [-0.1, -0.05) is 279 Å². The number of benzene rings is 21. The van der Waals surface area contributed by atoms with Gasteiger partial charge in [0.05, 0.1) is 32.8 Å². The van der Waals surface area contributed by atoms with Crippen molar-refractivity contribution in [1.29, 1.82) is 0 Å². The van der Waals surface area contributed by atoms with Crippen LogP contribution in [0.15, 0.2) is 409 Å². The largest absolute Gasteiger partial charge is 0.456 e. The molecule has 0 spiro atoms. The Labute approximate surface area is 808 Å². The van der Waals surface area contributed by atoms with Gasteiger partial charge in [-0.15, -0.1) is 34.0 Å². The van der Waals surface area contributed by atoms with E-state index in [0.717, 1.165) is 192 Å². The maximum absolute atomic E-state index is 6.91. The summed E-state index contributed by atoms with van der Waals surface area (Å²) in [4.78, 5) is 45.6. The molecule has 0 aliphatic carbocycles. The van der Waals surface area contributed by atoms with Crippen molar-refractivity contribution in [2.75, 3.05) is 0 Å². The SMILES string of the molecule is c1ccc(-c2nc(-c3cccc4ccccc34)nc(-c3ccc4oc5c6ccccc6cc6sc7ccc8oc3c4c8c7c65)n2)cc1.c1ccc(-c2nc(-c3ccccc3)nc(-c3ccc4oc5c6ccccc6cc6oc7ccc8oc3c4c8c7c65)n2)cc1.c1ccc2cc(-c3nc(-c4ccc5ccccc5c4)nc(-c4ccc5sc6c7ccccc7cc7sc8ccc9oc4c5c9c8c76)n3)ccc2c1. The van der Waals surface area contributed by atoms with Crippen LogP contribution in [0.2, 0.25) is 0 Å². The smallest absolute Gasteiger partial charge is 0.167 e. The predicted octanol–water partition coefficient (Wildman–Crippen LogP) is 34.9. The summed E-state index contributed by atoms with van der Waals surface area (Å²) in [7, 11) is 0. The topological polar surface area (TPSA) is 195 Å². The highest BCUT2D eigenvalue weighted by Gasteiger charge is 2.32. The molecule has 0 saturated heterocycles. The molecular weight excluding hydrogens is 1800 g/mol. The van der Waals surface area contributed by atoms with Gasteiger partial charge in [0.15, 0.2) is 52.4 Å². The van der Waals surface area contributed by atoms with Gasteiger partial charge in [0, 0.05) is 121 Å². The second kappa shape index (κ2) is 30.1. The van der Waals surface area contributed by atoms with Gasteiger partial charge in [0.2, 0.25) is 0 Å². The van der Waals surface area contributed by atoms with Crippen molar-refractivity contribution in [2.24, 2.45) is 0 Å². The van der Waals surface area contributed by atoms with Gasteiger partial charge in [0.25, 0.3) is 0 Å². The molecule has 33 rings (SSSR count). The van der Waals surface area contributed by atoms with E-state index in [4.69, 9.17) is 71.4 Å². The van der Waals surface area contributed by atoms with Gasteiger partial charge in [-0.2, -0.15) is 0 Å². The summed E-state index contributed by atoms with van der Waals surface area (Å²) in [6, 6.07) is 131. The Morgan fingerprint density at radius 2 is 0.468 bits per heavy atom. The molecule has 141 heavy (non-hydrogen) atoms. The van der Waals surface area contributed by atoms with E-state index in [1.54, 1.807) is 11.3 Å². The zero-order chi connectivity index (χ0) is 91.9. The van der Waals surface area contributed by atoms with Crippen LogP contribution >= 0.6 is 34.0 Å². The van der Waals surface area contributed by atoms with Crippen molar-refractivity contribution in [1.82, 2.24) is 44.9 Å². The van der Waals surface area contributed by atoms with E-state index in [0.29, 0.717) is 63.6 Å². The monoisotopic (exact) mass is 1860 g/mol. The molecule has 33 aromatic rings. The van der Waals surface area contributed by atoms with Crippen LogP contribution in [-0.2, 0) is 0 Å². The first kappa shape index (κ1) is 77.9. The fourth-order valence-electron chi connectivity index (χ4n) is 21.4. The van der Waals surface area contributed by atoms with Crippen LogP contribution in [0.1, 0.15) is 0 Å². The van der Waals surface area contributed by atoms with Crippen molar-refractivity contribution >= 4 is 258 Å². The van der Waals surface area contributed by atoms with Gasteiger partial charge in [-0.05, 0) is 157 Å². The van der Waals surface area contributed by atoms with Crippen molar-refractivity contribution < 1.29 is 26.5 Å². The van der Waals surface area contributed by atoms with Crippen LogP contribution in [0.4, 0.5) is 0 Å². The molecule has 0 aliphatic rings. The first-order valence-corrected chi connectivity index (χ1v) is 49.0. The molecule has 15 nitrogen and oxygen atoms in total. The molecule has 0 N–H and O–H groups in total. The molecule has 0 atom stereocenters. The normalized spacial score (nSPS) is 12.3. The molecule has 21 aromatic carbocycles. The maximum atomic E-state index is 6.91. The second-order valence-electron chi connectivity index (χ2n) is 35.9. The molecule has 0 radical (unpaired) electrons. The standard InChI is InChI=1S/C45H23N3OS2.C41H21N3O2S.C37H19N3O3/c1-3-9-26-21-29(15-13-24(26)7-1)43-46-44(30-16-14-25-8-2-4-10-27(25)22-30)48-45(47-43)32-17-19-35-39-37-33(49-41(32)39)18-20-34-38(37)40-36(50-34)23-28-11-5-6-12-31(28)42(40)51-35;1-2-10-23(11-3-1)39-42-40(27-16-8-13-22-9-4-6-14-25(22)27)44-41(43-39)28-17-18-30-34-33-29(45-38(28)34)19-20-31-35(33)36-32(47-31)21-24-12-5-7-15-26(24)37(36)46-30;1-3-9-20(10-4-1)35-38-36(21-11-5-2-6-12-21)40-37(39-35)24-15-16-27-31-30-26(42-34(24)31)18-17-25-29(30)32-28(41-25)19-22-13-7-8-14-23(22)33(32)43-27/h1-23H;1-21H;1-19H. The summed E-state index contributed by atoms with van der Waals surface area (Å²) in [5.41, 5.74) is 17.4.